The Bertz CT molecular complexity index is 1050. The number of thiazole rings is 1. The molecule has 0 saturated carbocycles. The Morgan fingerprint density at radius 2 is 1.65 bits per heavy atom. The highest BCUT2D eigenvalue weighted by molar-refractivity contribution is 7.14. The first kappa shape index (κ1) is 25.5. The fourth-order valence-corrected chi connectivity index (χ4v) is 4.11. The van der Waals surface area contributed by atoms with Crippen LogP contribution in [-0.4, -0.2) is 55.2 Å². The molecule has 0 radical (unpaired) electrons. The van der Waals surface area contributed by atoms with Gasteiger partial charge < -0.3 is 19.1 Å². The van der Waals surface area contributed by atoms with Crippen molar-refractivity contribution in [1.82, 2.24) is 9.88 Å². The molecule has 3 aromatic rings. The van der Waals surface area contributed by atoms with Crippen LogP contribution in [-0.2, 0) is 0 Å². The lowest BCUT2D eigenvalue weighted by Gasteiger charge is -2.18. The zero-order valence-corrected chi connectivity index (χ0v) is 21.1. The molecule has 3 rings (SSSR count). The first-order valence-corrected chi connectivity index (χ1v) is 12.6. The molecule has 0 unspecified atom stereocenters. The fourth-order valence-electron chi connectivity index (χ4n) is 3.41. The van der Waals surface area contributed by atoms with Gasteiger partial charge in [0.15, 0.2) is 5.13 Å². The maximum Gasteiger partial charge on any atom is 0.257 e. The number of aromatic nitrogens is 1. The lowest BCUT2D eigenvalue weighted by molar-refractivity contribution is 0.102. The van der Waals surface area contributed by atoms with Crippen LogP contribution in [0.2, 0.25) is 0 Å². The van der Waals surface area contributed by atoms with Crippen molar-refractivity contribution in [2.45, 2.75) is 27.7 Å². The van der Waals surface area contributed by atoms with Crippen LogP contribution in [0.5, 0.6) is 17.2 Å². The maximum absolute atomic E-state index is 12.7. The van der Waals surface area contributed by atoms with Crippen molar-refractivity contribution < 1.29 is 19.0 Å². The minimum atomic E-state index is -0.219. The minimum absolute atomic E-state index is 0.219. The number of nitrogens with zero attached hydrogens (tertiary/aromatic N) is 2. The Morgan fingerprint density at radius 1 is 0.941 bits per heavy atom. The van der Waals surface area contributed by atoms with Gasteiger partial charge >= 0.3 is 0 Å². The van der Waals surface area contributed by atoms with E-state index in [1.54, 1.807) is 12.1 Å². The maximum atomic E-state index is 12.7. The average Bonchev–Trinajstić information content (AvgIpc) is 3.31. The number of amides is 1. The molecule has 1 N–H and O–H groups in total. The number of rotatable bonds is 13. The molecule has 7 nitrogen and oxygen atoms in total. The van der Waals surface area contributed by atoms with Gasteiger partial charge in [-0.3, -0.25) is 10.1 Å². The molecule has 1 amide bonds. The number of benzene rings is 2. The van der Waals surface area contributed by atoms with Crippen molar-refractivity contribution in [1.29, 1.82) is 0 Å². The van der Waals surface area contributed by atoms with Crippen molar-refractivity contribution in [3.63, 3.8) is 0 Å². The SMILES string of the molecule is CCOc1ccc(OCC)c(-c2csc(NC(=O)c3ccc(OCCN(CC)CC)cc3)n2)c1. The molecule has 0 spiro atoms. The van der Waals surface area contributed by atoms with Gasteiger partial charge in [0.25, 0.3) is 5.91 Å². The monoisotopic (exact) mass is 483 g/mol. The molecule has 2 aromatic carbocycles. The van der Waals surface area contributed by atoms with Gasteiger partial charge in [-0.05, 0) is 69.4 Å². The van der Waals surface area contributed by atoms with Crippen LogP contribution in [0, 0.1) is 0 Å². The summed E-state index contributed by atoms with van der Waals surface area (Å²) in [7, 11) is 0. The Morgan fingerprint density at radius 3 is 2.32 bits per heavy atom. The van der Waals surface area contributed by atoms with E-state index in [0.29, 0.717) is 30.5 Å². The third-order valence-corrected chi connectivity index (χ3v) is 6.01. The summed E-state index contributed by atoms with van der Waals surface area (Å²) in [5.41, 5.74) is 2.10. The van der Waals surface area contributed by atoms with E-state index < -0.39 is 0 Å². The summed E-state index contributed by atoms with van der Waals surface area (Å²) >= 11 is 1.37. The van der Waals surface area contributed by atoms with Crippen LogP contribution in [0.3, 0.4) is 0 Å². The van der Waals surface area contributed by atoms with Gasteiger partial charge in [0.05, 0.1) is 18.9 Å². The zero-order valence-electron chi connectivity index (χ0n) is 20.3. The summed E-state index contributed by atoms with van der Waals surface area (Å²) in [4.78, 5) is 19.6. The highest BCUT2D eigenvalue weighted by Crippen LogP contribution is 2.35. The van der Waals surface area contributed by atoms with E-state index in [4.69, 9.17) is 14.2 Å². The number of ether oxygens (including phenoxy) is 3. The molecule has 0 aliphatic heterocycles. The van der Waals surface area contributed by atoms with E-state index in [1.165, 1.54) is 11.3 Å². The molecule has 0 fully saturated rings. The molecule has 0 bridgehead atoms. The quantitative estimate of drug-likeness (QED) is 0.342. The third kappa shape index (κ3) is 6.95. The van der Waals surface area contributed by atoms with E-state index in [9.17, 15) is 4.79 Å². The van der Waals surface area contributed by atoms with Crippen LogP contribution in [0.25, 0.3) is 11.3 Å². The molecular formula is C26H33N3O4S. The number of hydrogen-bond acceptors (Lipinski definition) is 7. The molecule has 0 atom stereocenters. The second-order valence-electron chi connectivity index (χ2n) is 7.42. The molecule has 1 heterocycles. The van der Waals surface area contributed by atoms with Gasteiger partial charge in [-0.1, -0.05) is 13.8 Å². The van der Waals surface area contributed by atoms with Crippen LogP contribution in [0.15, 0.2) is 47.8 Å². The highest BCUT2D eigenvalue weighted by Gasteiger charge is 2.14. The number of nitrogens with one attached hydrogen (secondary N) is 1. The Balaban J connectivity index is 1.64. The molecule has 1 aromatic heterocycles. The number of carbonyl (C=O) groups is 1. The smallest absolute Gasteiger partial charge is 0.257 e. The van der Waals surface area contributed by atoms with Crippen molar-refractivity contribution in [3.05, 3.63) is 53.4 Å². The van der Waals surface area contributed by atoms with Gasteiger partial charge in [-0.2, -0.15) is 0 Å². The van der Waals surface area contributed by atoms with E-state index in [1.807, 2.05) is 49.6 Å². The fraction of sp³-hybridized carbons (Fsp3) is 0.385. The predicted octanol–water partition coefficient (Wildman–Crippen LogP) is 5.58. The van der Waals surface area contributed by atoms with E-state index in [-0.39, 0.29) is 5.91 Å². The van der Waals surface area contributed by atoms with Gasteiger partial charge in [-0.15, -0.1) is 11.3 Å². The first-order chi connectivity index (χ1) is 16.6. The summed E-state index contributed by atoms with van der Waals surface area (Å²) in [5.74, 6) is 2.01. The standard InChI is InChI=1S/C26H33N3O4S/c1-5-29(6-2)15-16-33-20-11-9-19(10-12-20)25(30)28-26-27-23(18-34-26)22-17-21(31-7-3)13-14-24(22)32-8-4/h9-14,17-18H,5-8,15-16H2,1-4H3,(H,27,28,30). The number of likely N-dealkylation sites (N-methyl/N-ethyl adjacent to an activating group) is 1. The van der Waals surface area contributed by atoms with Crippen molar-refractivity contribution >= 4 is 22.4 Å². The molecule has 182 valence electrons. The lowest BCUT2D eigenvalue weighted by atomic mass is 10.1. The van der Waals surface area contributed by atoms with E-state index in [2.05, 4.69) is 29.0 Å². The third-order valence-electron chi connectivity index (χ3n) is 5.25. The normalized spacial score (nSPS) is 10.9. The van der Waals surface area contributed by atoms with Crippen LogP contribution in [0.4, 0.5) is 5.13 Å². The Hall–Kier alpha value is -3.10. The molecular weight excluding hydrogens is 450 g/mol. The summed E-state index contributed by atoms with van der Waals surface area (Å²) < 4.78 is 17.2. The van der Waals surface area contributed by atoms with Crippen molar-refractivity contribution in [3.8, 4) is 28.5 Å². The van der Waals surface area contributed by atoms with Gasteiger partial charge in [0, 0.05) is 23.1 Å². The average molecular weight is 484 g/mol. The predicted molar refractivity (Wildman–Crippen MR) is 138 cm³/mol. The van der Waals surface area contributed by atoms with Crippen molar-refractivity contribution in [2.24, 2.45) is 0 Å². The molecule has 0 aliphatic rings. The van der Waals surface area contributed by atoms with Gasteiger partial charge in [-0.25, -0.2) is 4.98 Å². The largest absolute Gasteiger partial charge is 0.494 e. The van der Waals surface area contributed by atoms with E-state index >= 15 is 0 Å². The number of anilines is 1. The highest BCUT2D eigenvalue weighted by atomic mass is 32.1. The van der Waals surface area contributed by atoms with Gasteiger partial charge in [0.2, 0.25) is 0 Å². The Kier molecular flexibility index (Phi) is 9.73. The summed E-state index contributed by atoms with van der Waals surface area (Å²) in [6, 6.07) is 12.8. The number of hydrogen-bond donors (Lipinski definition) is 1. The van der Waals surface area contributed by atoms with Crippen LogP contribution < -0.4 is 19.5 Å². The first-order valence-electron chi connectivity index (χ1n) is 11.7. The summed E-state index contributed by atoms with van der Waals surface area (Å²) in [6.07, 6.45) is 0. The summed E-state index contributed by atoms with van der Waals surface area (Å²) in [5, 5.41) is 5.30. The number of carbonyl (C=O) groups excluding carboxylic acids is 1. The van der Waals surface area contributed by atoms with Crippen molar-refractivity contribution in [2.75, 3.05) is 44.8 Å². The summed E-state index contributed by atoms with van der Waals surface area (Å²) in [6.45, 7) is 12.8. The molecule has 34 heavy (non-hydrogen) atoms. The van der Waals surface area contributed by atoms with Crippen LogP contribution in [0.1, 0.15) is 38.1 Å². The second-order valence-corrected chi connectivity index (χ2v) is 8.27. The zero-order chi connectivity index (χ0) is 24.3. The Labute approximate surface area is 205 Å². The lowest BCUT2D eigenvalue weighted by Crippen LogP contribution is -2.27. The van der Waals surface area contributed by atoms with E-state index in [0.717, 1.165) is 48.1 Å². The minimum Gasteiger partial charge on any atom is -0.494 e. The molecule has 0 saturated heterocycles. The second kappa shape index (κ2) is 13.0. The van der Waals surface area contributed by atoms with Crippen LogP contribution >= 0.6 is 11.3 Å². The van der Waals surface area contributed by atoms with Gasteiger partial charge in [0.1, 0.15) is 23.9 Å². The topological polar surface area (TPSA) is 72.9 Å². The molecule has 0 aliphatic carbocycles. The molecule has 8 heteroatoms.